The molecule has 0 amide bonds. The molecule has 0 aromatic heterocycles. The normalized spacial score (nSPS) is 24.1. The molecule has 1 aromatic rings. The summed E-state index contributed by atoms with van der Waals surface area (Å²) < 4.78 is 0. The van der Waals surface area contributed by atoms with E-state index in [2.05, 4.69) is 42.6 Å². The summed E-state index contributed by atoms with van der Waals surface area (Å²) in [7, 11) is 0. The maximum absolute atomic E-state index is 3.75. The van der Waals surface area contributed by atoms with E-state index in [-0.39, 0.29) is 0 Å². The van der Waals surface area contributed by atoms with Gasteiger partial charge in [-0.05, 0) is 44.1 Å². The molecule has 2 saturated carbocycles. The molecule has 2 fully saturated rings. The first-order valence-corrected chi connectivity index (χ1v) is 6.59. The average Bonchev–Trinajstić information content (AvgIpc) is 3.19. The molecular weight excluding hydrogens is 194 g/mol. The summed E-state index contributed by atoms with van der Waals surface area (Å²) in [6, 6.07) is 11.7. The third-order valence-corrected chi connectivity index (χ3v) is 4.33. The fourth-order valence-corrected chi connectivity index (χ4v) is 2.63. The Hall–Kier alpha value is -0.820. The van der Waals surface area contributed by atoms with E-state index < -0.39 is 0 Å². The molecule has 1 nitrogen and oxygen atoms in total. The van der Waals surface area contributed by atoms with Crippen LogP contribution >= 0.6 is 0 Å². The highest BCUT2D eigenvalue weighted by Crippen LogP contribution is 2.47. The number of rotatable bonds is 5. The monoisotopic (exact) mass is 215 g/mol. The third kappa shape index (κ3) is 2.01. The molecule has 0 bridgehead atoms. The van der Waals surface area contributed by atoms with Crippen LogP contribution in [0.15, 0.2) is 30.3 Å². The van der Waals surface area contributed by atoms with Crippen molar-refractivity contribution >= 4 is 0 Å². The van der Waals surface area contributed by atoms with Crippen LogP contribution in [-0.2, 0) is 5.41 Å². The topological polar surface area (TPSA) is 12.0 Å². The SMILES string of the molecule is C[C@H](NCC1(c2ccccc2)CC1)C1CC1. The molecule has 1 aromatic carbocycles. The fourth-order valence-electron chi connectivity index (χ4n) is 2.63. The Bertz CT molecular complexity index is 349. The van der Waals surface area contributed by atoms with Crippen LogP contribution in [0.25, 0.3) is 0 Å². The number of hydrogen-bond donors (Lipinski definition) is 1. The quantitative estimate of drug-likeness (QED) is 0.796. The Labute approximate surface area is 98.3 Å². The Morgan fingerprint density at radius 3 is 2.50 bits per heavy atom. The smallest absolute Gasteiger partial charge is 0.00785 e. The van der Waals surface area contributed by atoms with Gasteiger partial charge in [0.25, 0.3) is 0 Å². The van der Waals surface area contributed by atoms with Crippen LogP contribution < -0.4 is 5.32 Å². The van der Waals surface area contributed by atoms with Gasteiger partial charge in [-0.1, -0.05) is 30.3 Å². The van der Waals surface area contributed by atoms with E-state index in [4.69, 9.17) is 0 Å². The van der Waals surface area contributed by atoms with E-state index in [0.29, 0.717) is 5.41 Å². The minimum absolute atomic E-state index is 0.477. The van der Waals surface area contributed by atoms with Gasteiger partial charge < -0.3 is 5.32 Å². The molecule has 1 N–H and O–H groups in total. The van der Waals surface area contributed by atoms with Crippen molar-refractivity contribution in [3.05, 3.63) is 35.9 Å². The van der Waals surface area contributed by atoms with Crippen molar-refractivity contribution in [3.63, 3.8) is 0 Å². The molecule has 0 aliphatic heterocycles. The average molecular weight is 215 g/mol. The molecule has 2 aliphatic rings. The van der Waals surface area contributed by atoms with Crippen LogP contribution in [0, 0.1) is 5.92 Å². The Morgan fingerprint density at radius 1 is 1.25 bits per heavy atom. The van der Waals surface area contributed by atoms with Crippen LogP contribution in [0.4, 0.5) is 0 Å². The van der Waals surface area contributed by atoms with E-state index in [9.17, 15) is 0 Å². The molecule has 16 heavy (non-hydrogen) atoms. The minimum atomic E-state index is 0.477. The number of benzene rings is 1. The summed E-state index contributed by atoms with van der Waals surface area (Å²) in [6.07, 6.45) is 5.60. The maximum atomic E-state index is 3.75. The number of nitrogens with one attached hydrogen (secondary N) is 1. The Balaban J connectivity index is 1.61. The molecule has 1 heteroatoms. The zero-order chi connectivity index (χ0) is 11.0. The van der Waals surface area contributed by atoms with E-state index >= 15 is 0 Å². The lowest BCUT2D eigenvalue weighted by Crippen LogP contribution is -2.35. The van der Waals surface area contributed by atoms with Gasteiger partial charge in [0.1, 0.15) is 0 Å². The molecule has 3 rings (SSSR count). The summed E-state index contributed by atoms with van der Waals surface area (Å²) in [5.41, 5.74) is 2.01. The zero-order valence-corrected chi connectivity index (χ0v) is 10.1. The van der Waals surface area contributed by atoms with Gasteiger partial charge in [0.2, 0.25) is 0 Å². The summed E-state index contributed by atoms with van der Waals surface area (Å²) in [6.45, 7) is 3.52. The lowest BCUT2D eigenvalue weighted by molar-refractivity contribution is 0.460. The van der Waals surface area contributed by atoms with Gasteiger partial charge in [-0.2, -0.15) is 0 Å². The van der Waals surface area contributed by atoms with Crippen molar-refractivity contribution in [1.29, 1.82) is 0 Å². The van der Waals surface area contributed by atoms with Gasteiger partial charge in [-0.15, -0.1) is 0 Å². The largest absolute Gasteiger partial charge is 0.313 e. The molecule has 0 radical (unpaired) electrons. The first kappa shape index (κ1) is 10.3. The van der Waals surface area contributed by atoms with Crippen LogP contribution in [0.5, 0.6) is 0 Å². The molecule has 0 heterocycles. The molecule has 0 spiro atoms. The van der Waals surface area contributed by atoms with Crippen molar-refractivity contribution in [2.75, 3.05) is 6.54 Å². The second kappa shape index (κ2) is 3.89. The van der Waals surface area contributed by atoms with Crippen LogP contribution in [0.2, 0.25) is 0 Å². The van der Waals surface area contributed by atoms with Gasteiger partial charge in [0.05, 0.1) is 0 Å². The van der Waals surface area contributed by atoms with Gasteiger partial charge in [-0.3, -0.25) is 0 Å². The third-order valence-electron chi connectivity index (χ3n) is 4.33. The van der Waals surface area contributed by atoms with Crippen molar-refractivity contribution in [2.24, 2.45) is 5.92 Å². The maximum Gasteiger partial charge on any atom is 0.00785 e. The van der Waals surface area contributed by atoms with Crippen molar-refractivity contribution < 1.29 is 0 Å². The van der Waals surface area contributed by atoms with E-state index in [0.717, 1.165) is 12.0 Å². The Morgan fingerprint density at radius 2 is 1.94 bits per heavy atom. The van der Waals surface area contributed by atoms with E-state index in [1.165, 1.54) is 37.8 Å². The van der Waals surface area contributed by atoms with Gasteiger partial charge in [-0.25, -0.2) is 0 Å². The standard InChI is InChI=1S/C15H21N/c1-12(13-7-8-13)16-11-15(9-10-15)14-5-3-2-4-6-14/h2-6,12-13,16H,7-11H2,1H3/t12-/m0/s1. The van der Waals surface area contributed by atoms with Crippen LogP contribution in [0.3, 0.4) is 0 Å². The molecule has 86 valence electrons. The fraction of sp³-hybridized carbons (Fsp3) is 0.600. The van der Waals surface area contributed by atoms with Gasteiger partial charge >= 0.3 is 0 Å². The lowest BCUT2D eigenvalue weighted by Gasteiger charge is -2.20. The first-order chi connectivity index (χ1) is 7.80. The number of hydrogen-bond acceptors (Lipinski definition) is 1. The zero-order valence-electron chi connectivity index (χ0n) is 10.1. The van der Waals surface area contributed by atoms with E-state index in [1.807, 2.05) is 0 Å². The summed E-state index contributed by atoms with van der Waals surface area (Å²) >= 11 is 0. The van der Waals surface area contributed by atoms with Gasteiger partial charge in [0.15, 0.2) is 0 Å². The predicted molar refractivity (Wildman–Crippen MR) is 67.5 cm³/mol. The van der Waals surface area contributed by atoms with Crippen LogP contribution in [0.1, 0.15) is 38.2 Å². The summed E-state index contributed by atoms with van der Waals surface area (Å²) in [4.78, 5) is 0. The highest BCUT2D eigenvalue weighted by atomic mass is 14.9. The highest BCUT2D eigenvalue weighted by Gasteiger charge is 2.44. The highest BCUT2D eigenvalue weighted by molar-refractivity contribution is 5.31. The van der Waals surface area contributed by atoms with Crippen molar-refractivity contribution in [2.45, 2.75) is 44.1 Å². The first-order valence-electron chi connectivity index (χ1n) is 6.59. The molecule has 0 unspecified atom stereocenters. The van der Waals surface area contributed by atoms with Crippen molar-refractivity contribution in [1.82, 2.24) is 5.32 Å². The van der Waals surface area contributed by atoms with Crippen molar-refractivity contribution in [3.8, 4) is 0 Å². The molecular formula is C15H21N. The predicted octanol–water partition coefficient (Wildman–Crippen LogP) is 3.11. The second-order valence-electron chi connectivity index (χ2n) is 5.65. The Kier molecular flexibility index (Phi) is 2.51. The van der Waals surface area contributed by atoms with Crippen LogP contribution in [-0.4, -0.2) is 12.6 Å². The molecule has 2 aliphatic carbocycles. The molecule has 0 saturated heterocycles. The second-order valence-corrected chi connectivity index (χ2v) is 5.65. The molecule has 1 atom stereocenters. The summed E-state index contributed by atoms with van der Waals surface area (Å²) in [5.74, 6) is 0.964. The minimum Gasteiger partial charge on any atom is -0.313 e. The summed E-state index contributed by atoms with van der Waals surface area (Å²) in [5, 5.41) is 3.75. The van der Waals surface area contributed by atoms with E-state index in [1.54, 1.807) is 0 Å². The van der Waals surface area contributed by atoms with Gasteiger partial charge in [0, 0.05) is 18.0 Å². The lowest BCUT2D eigenvalue weighted by atomic mass is 9.95.